The molecule has 0 spiro atoms. The van der Waals surface area contributed by atoms with E-state index in [9.17, 15) is 4.79 Å². The molecule has 0 aliphatic carbocycles. The van der Waals surface area contributed by atoms with Crippen LogP contribution in [0.3, 0.4) is 0 Å². The van der Waals surface area contributed by atoms with Crippen LogP contribution in [0.15, 0.2) is 40.9 Å². The van der Waals surface area contributed by atoms with E-state index in [1.165, 1.54) is 0 Å². The SMILES string of the molecule is Cc1ccc2c(c1)NC(=O)c1cc(Br)ccc1C2. The molecule has 2 aromatic carbocycles. The van der Waals surface area contributed by atoms with Gasteiger partial charge in [0.15, 0.2) is 0 Å². The molecule has 2 aromatic rings. The molecule has 0 radical (unpaired) electrons. The zero-order valence-corrected chi connectivity index (χ0v) is 11.5. The molecule has 1 heterocycles. The lowest BCUT2D eigenvalue weighted by Gasteiger charge is -2.06. The lowest BCUT2D eigenvalue weighted by Crippen LogP contribution is -2.11. The Bertz CT molecular complexity index is 649. The first kappa shape index (κ1) is 11.5. The molecule has 2 nitrogen and oxygen atoms in total. The third-order valence-corrected chi connectivity index (χ3v) is 3.70. The molecule has 1 aliphatic heterocycles. The van der Waals surface area contributed by atoms with Gasteiger partial charge >= 0.3 is 0 Å². The number of fused-ring (bicyclic) bond motifs is 2. The van der Waals surface area contributed by atoms with Crippen LogP contribution < -0.4 is 5.32 Å². The van der Waals surface area contributed by atoms with Crippen molar-refractivity contribution in [2.75, 3.05) is 5.32 Å². The van der Waals surface area contributed by atoms with Gasteiger partial charge < -0.3 is 5.32 Å². The Morgan fingerprint density at radius 3 is 2.72 bits per heavy atom. The van der Waals surface area contributed by atoms with Crippen molar-refractivity contribution >= 4 is 27.5 Å². The summed E-state index contributed by atoms with van der Waals surface area (Å²) in [5.41, 5.74) is 5.06. The number of halogens is 1. The average molecular weight is 302 g/mol. The van der Waals surface area contributed by atoms with Crippen molar-refractivity contribution in [1.82, 2.24) is 0 Å². The van der Waals surface area contributed by atoms with Gasteiger partial charge in [-0.1, -0.05) is 34.1 Å². The normalized spacial score (nSPS) is 13.3. The minimum absolute atomic E-state index is 0.0318. The number of hydrogen-bond acceptors (Lipinski definition) is 1. The molecule has 3 rings (SSSR count). The third kappa shape index (κ3) is 1.95. The van der Waals surface area contributed by atoms with Crippen molar-refractivity contribution < 1.29 is 4.79 Å². The summed E-state index contributed by atoms with van der Waals surface area (Å²) >= 11 is 3.41. The quantitative estimate of drug-likeness (QED) is 0.785. The van der Waals surface area contributed by atoms with Crippen LogP contribution in [0.25, 0.3) is 0 Å². The maximum Gasteiger partial charge on any atom is 0.255 e. The molecule has 0 bridgehead atoms. The molecule has 1 aliphatic rings. The first-order chi connectivity index (χ1) is 8.63. The lowest BCUT2D eigenvalue weighted by atomic mass is 10.00. The Morgan fingerprint density at radius 2 is 1.89 bits per heavy atom. The molecule has 0 atom stereocenters. The second-order valence-corrected chi connectivity index (χ2v) is 5.51. The molecule has 0 fully saturated rings. The van der Waals surface area contributed by atoms with E-state index in [0.29, 0.717) is 0 Å². The highest BCUT2D eigenvalue weighted by atomic mass is 79.9. The Morgan fingerprint density at radius 1 is 1.11 bits per heavy atom. The second-order valence-electron chi connectivity index (χ2n) is 4.59. The van der Waals surface area contributed by atoms with Crippen LogP contribution in [0.1, 0.15) is 27.0 Å². The highest BCUT2D eigenvalue weighted by Crippen LogP contribution is 2.28. The number of nitrogens with one attached hydrogen (secondary N) is 1. The number of benzene rings is 2. The fraction of sp³-hybridized carbons (Fsp3) is 0.133. The van der Waals surface area contributed by atoms with Gasteiger partial charge in [0.25, 0.3) is 5.91 Å². The first-order valence-electron chi connectivity index (χ1n) is 5.83. The number of carbonyl (C=O) groups is 1. The number of carbonyl (C=O) groups excluding carboxylic acids is 1. The van der Waals surface area contributed by atoms with E-state index in [0.717, 1.165) is 38.8 Å². The Labute approximate surface area is 114 Å². The van der Waals surface area contributed by atoms with Gasteiger partial charge in [-0.15, -0.1) is 0 Å². The summed E-state index contributed by atoms with van der Waals surface area (Å²) < 4.78 is 0.929. The third-order valence-electron chi connectivity index (χ3n) is 3.21. The molecule has 3 heteroatoms. The summed E-state index contributed by atoms with van der Waals surface area (Å²) in [7, 11) is 0. The molecule has 0 saturated heterocycles. The number of rotatable bonds is 0. The van der Waals surface area contributed by atoms with Crippen molar-refractivity contribution in [3.05, 3.63) is 63.1 Å². The minimum Gasteiger partial charge on any atom is -0.322 e. The van der Waals surface area contributed by atoms with E-state index in [4.69, 9.17) is 0 Å². The van der Waals surface area contributed by atoms with Crippen molar-refractivity contribution in [2.45, 2.75) is 13.3 Å². The number of aryl methyl sites for hydroxylation is 1. The molecule has 18 heavy (non-hydrogen) atoms. The fourth-order valence-corrected chi connectivity index (χ4v) is 2.63. The van der Waals surface area contributed by atoms with E-state index < -0.39 is 0 Å². The topological polar surface area (TPSA) is 29.1 Å². The van der Waals surface area contributed by atoms with E-state index in [-0.39, 0.29) is 5.91 Å². The Hall–Kier alpha value is -1.61. The van der Waals surface area contributed by atoms with Gasteiger partial charge in [-0.2, -0.15) is 0 Å². The zero-order chi connectivity index (χ0) is 12.7. The molecular weight excluding hydrogens is 290 g/mol. The number of anilines is 1. The van der Waals surface area contributed by atoms with Crippen molar-refractivity contribution in [3.8, 4) is 0 Å². The first-order valence-corrected chi connectivity index (χ1v) is 6.62. The zero-order valence-electron chi connectivity index (χ0n) is 9.96. The van der Waals surface area contributed by atoms with Crippen LogP contribution in [0.5, 0.6) is 0 Å². The van der Waals surface area contributed by atoms with E-state index in [2.05, 4.69) is 33.4 Å². The molecule has 1 N–H and O–H groups in total. The lowest BCUT2D eigenvalue weighted by molar-refractivity contribution is 0.102. The fourth-order valence-electron chi connectivity index (χ4n) is 2.27. The average Bonchev–Trinajstić information content (AvgIpc) is 2.46. The van der Waals surface area contributed by atoms with Gasteiger partial charge in [0.2, 0.25) is 0 Å². The van der Waals surface area contributed by atoms with E-state index in [1.54, 1.807) is 0 Å². The summed E-state index contributed by atoms with van der Waals surface area (Å²) in [5, 5.41) is 2.99. The van der Waals surface area contributed by atoms with Gasteiger partial charge in [0.1, 0.15) is 0 Å². The van der Waals surface area contributed by atoms with Crippen molar-refractivity contribution in [2.24, 2.45) is 0 Å². The molecule has 0 aromatic heterocycles. The van der Waals surface area contributed by atoms with Crippen LogP contribution in [-0.4, -0.2) is 5.91 Å². The van der Waals surface area contributed by atoms with E-state index >= 15 is 0 Å². The molecule has 1 amide bonds. The summed E-state index contributed by atoms with van der Waals surface area (Å²) in [6.07, 6.45) is 0.789. The summed E-state index contributed by atoms with van der Waals surface area (Å²) in [6.45, 7) is 2.03. The predicted octanol–water partition coefficient (Wildman–Crippen LogP) is 3.91. The van der Waals surface area contributed by atoms with Gasteiger partial charge in [-0.25, -0.2) is 0 Å². The van der Waals surface area contributed by atoms with Gasteiger partial charge in [0.05, 0.1) is 0 Å². The monoisotopic (exact) mass is 301 g/mol. The Balaban J connectivity index is 2.16. The van der Waals surface area contributed by atoms with Gasteiger partial charge in [0, 0.05) is 22.1 Å². The van der Waals surface area contributed by atoms with Crippen molar-refractivity contribution in [1.29, 1.82) is 0 Å². The van der Waals surface area contributed by atoms with Crippen LogP contribution in [0, 0.1) is 6.92 Å². The smallest absolute Gasteiger partial charge is 0.255 e. The maximum absolute atomic E-state index is 12.2. The molecule has 0 saturated carbocycles. The predicted molar refractivity (Wildman–Crippen MR) is 76.1 cm³/mol. The van der Waals surface area contributed by atoms with Crippen molar-refractivity contribution in [3.63, 3.8) is 0 Å². The maximum atomic E-state index is 12.2. The highest BCUT2D eigenvalue weighted by Gasteiger charge is 2.19. The molecule has 0 unspecified atom stereocenters. The van der Waals surface area contributed by atoms with Gasteiger partial charge in [-0.3, -0.25) is 4.79 Å². The number of hydrogen-bond donors (Lipinski definition) is 1. The van der Waals surface area contributed by atoms with Crippen LogP contribution in [0.2, 0.25) is 0 Å². The minimum atomic E-state index is -0.0318. The summed E-state index contributed by atoms with van der Waals surface area (Å²) in [5.74, 6) is -0.0318. The Kier molecular flexibility index (Phi) is 2.71. The van der Waals surface area contributed by atoms with Crippen LogP contribution >= 0.6 is 15.9 Å². The summed E-state index contributed by atoms with van der Waals surface area (Å²) in [4.78, 5) is 12.2. The largest absolute Gasteiger partial charge is 0.322 e. The number of amides is 1. The second kappa shape index (κ2) is 4.25. The standard InChI is InChI=1S/C15H12BrNO/c1-9-2-3-11-7-10-4-5-12(16)8-13(10)15(18)17-14(11)6-9/h2-6,8H,7H2,1H3,(H,17,18). The molecule has 90 valence electrons. The van der Waals surface area contributed by atoms with Crippen LogP contribution in [-0.2, 0) is 6.42 Å². The van der Waals surface area contributed by atoms with Gasteiger partial charge in [-0.05, 0) is 41.8 Å². The summed E-state index contributed by atoms with van der Waals surface area (Å²) in [6, 6.07) is 12.0. The van der Waals surface area contributed by atoms with Crippen LogP contribution in [0.4, 0.5) is 5.69 Å². The van der Waals surface area contributed by atoms with E-state index in [1.807, 2.05) is 31.2 Å². The highest BCUT2D eigenvalue weighted by molar-refractivity contribution is 9.10. The molecular formula is C15H12BrNO.